The van der Waals surface area contributed by atoms with E-state index in [9.17, 15) is 8.42 Å². The summed E-state index contributed by atoms with van der Waals surface area (Å²) in [7, 11) is -1.36. The molecule has 2 atom stereocenters. The molecule has 270 valence electrons. The summed E-state index contributed by atoms with van der Waals surface area (Å²) in [5.74, 6) is 1.23. The van der Waals surface area contributed by atoms with Gasteiger partial charge in [-0.1, -0.05) is 53.5 Å². The van der Waals surface area contributed by atoms with Gasteiger partial charge < -0.3 is 14.4 Å². The molecule has 12 heteroatoms. The first-order valence-corrected chi connectivity index (χ1v) is 19.8. The Bertz CT molecular complexity index is 1830. The van der Waals surface area contributed by atoms with Crippen LogP contribution in [-0.2, 0) is 31.3 Å². The highest BCUT2D eigenvalue weighted by molar-refractivity contribution is 7.90. The Morgan fingerprint density at radius 3 is 2.04 bits per heavy atom. The third-order valence-electron chi connectivity index (χ3n) is 10.3. The maximum atomic E-state index is 15.2. The van der Waals surface area contributed by atoms with E-state index < -0.39 is 26.5 Å². The molecule has 2 heterocycles. The number of sulfone groups is 1. The third-order valence-corrected chi connectivity index (χ3v) is 11.8. The Hall–Kier alpha value is -3.15. The van der Waals surface area contributed by atoms with Crippen molar-refractivity contribution in [1.82, 2.24) is 14.7 Å². The van der Waals surface area contributed by atoms with Crippen molar-refractivity contribution >= 4 is 44.9 Å². The summed E-state index contributed by atoms with van der Waals surface area (Å²) in [5, 5.41) is 1.19. The average Bonchev–Trinajstić information content (AvgIpc) is 3.32. The lowest BCUT2D eigenvalue weighted by Gasteiger charge is -2.47. The van der Waals surface area contributed by atoms with Crippen molar-refractivity contribution in [2.75, 3.05) is 58.4 Å². The van der Waals surface area contributed by atoms with Gasteiger partial charge in [-0.3, -0.25) is 14.8 Å². The first kappa shape index (κ1) is 38.1. The van der Waals surface area contributed by atoms with Crippen LogP contribution in [0.15, 0.2) is 71.7 Å². The number of aliphatic imine (C=N–C) groups is 1. The van der Waals surface area contributed by atoms with Crippen LogP contribution >= 0.6 is 23.2 Å². The van der Waals surface area contributed by atoms with E-state index in [0.717, 1.165) is 16.7 Å². The minimum Gasteiger partial charge on any atom is -0.493 e. The van der Waals surface area contributed by atoms with E-state index >= 15 is 4.79 Å². The number of hydrogen-bond donors (Lipinski definition) is 0. The number of piperazine rings is 1. The lowest BCUT2D eigenvalue weighted by atomic mass is 9.71. The number of urea groups is 1. The normalized spacial score (nSPS) is 21.7. The number of amidine groups is 1. The maximum Gasteiger partial charge on any atom is 0.326 e. The molecule has 2 aliphatic rings. The van der Waals surface area contributed by atoms with Crippen molar-refractivity contribution in [1.29, 1.82) is 0 Å². The number of amides is 2. The van der Waals surface area contributed by atoms with Crippen molar-refractivity contribution < 1.29 is 22.7 Å². The fourth-order valence-electron chi connectivity index (χ4n) is 6.90. The molecule has 0 bridgehead atoms. The van der Waals surface area contributed by atoms with Gasteiger partial charge in [0.25, 0.3) is 0 Å². The van der Waals surface area contributed by atoms with E-state index in [1.165, 1.54) is 6.26 Å². The summed E-state index contributed by atoms with van der Waals surface area (Å²) in [6.07, 6.45) is 1.82. The minimum absolute atomic E-state index is 0.144. The zero-order valence-corrected chi connectivity index (χ0v) is 32.3. The lowest BCUT2D eigenvalue weighted by molar-refractivity contribution is 0.0190. The molecule has 0 radical (unpaired) electrons. The molecule has 0 spiro atoms. The van der Waals surface area contributed by atoms with E-state index in [1.807, 2.05) is 97.3 Å². The molecule has 50 heavy (non-hydrogen) atoms. The Labute approximate surface area is 307 Å². The highest BCUT2D eigenvalue weighted by Crippen LogP contribution is 2.54. The van der Waals surface area contributed by atoms with Crippen molar-refractivity contribution in [3.63, 3.8) is 0 Å². The SMILES string of the molecule is CCOc1cc(C(C)(C)OC)ccc1C1=N[C@@](C)(c2ccc(Cl)cc2)[C@](C)(c2ccc(Cl)cc2)N1C(=O)N1CCN(CCCS(C)(=O)=O)CC1. The quantitative estimate of drug-likeness (QED) is 0.204. The van der Waals surface area contributed by atoms with Gasteiger partial charge in [-0.05, 0) is 101 Å². The monoisotopic (exact) mass is 742 g/mol. The van der Waals surface area contributed by atoms with Crippen LogP contribution < -0.4 is 4.74 Å². The molecular weight excluding hydrogens is 695 g/mol. The van der Waals surface area contributed by atoms with Crippen LogP contribution in [0.5, 0.6) is 5.75 Å². The lowest BCUT2D eigenvalue weighted by Crippen LogP contribution is -2.60. The number of ether oxygens (including phenoxy) is 2. The summed E-state index contributed by atoms with van der Waals surface area (Å²) >= 11 is 12.8. The molecule has 0 aromatic heterocycles. The predicted octanol–water partition coefficient (Wildman–Crippen LogP) is 7.34. The zero-order chi connectivity index (χ0) is 36.5. The standard InChI is InChI=1S/C38H48Cl2N4O5S/c1-8-49-33-26-29(36(2,3)48-6)14-19-32(33)34-41-37(4,27-10-15-30(39)16-11-27)38(5,28-12-17-31(40)18-13-28)44(34)35(45)43-23-21-42(22-24-43)20-9-25-50(7,46)47/h10-19,26H,8-9,20-25H2,1-7H3/t37-,38-/m0/s1. The van der Waals surface area contributed by atoms with E-state index in [-0.39, 0.29) is 11.8 Å². The van der Waals surface area contributed by atoms with Gasteiger partial charge in [0.1, 0.15) is 32.5 Å². The molecule has 2 aliphatic heterocycles. The molecule has 9 nitrogen and oxygen atoms in total. The molecule has 1 fully saturated rings. The highest BCUT2D eigenvalue weighted by atomic mass is 35.5. The number of hydrogen-bond acceptors (Lipinski definition) is 7. The first-order valence-electron chi connectivity index (χ1n) is 17.0. The molecule has 0 aliphatic carbocycles. The van der Waals surface area contributed by atoms with Crippen molar-refractivity contribution in [3.05, 3.63) is 99.0 Å². The van der Waals surface area contributed by atoms with E-state index in [1.54, 1.807) is 7.11 Å². The van der Waals surface area contributed by atoms with Crippen LogP contribution in [0, 0.1) is 0 Å². The van der Waals surface area contributed by atoms with Gasteiger partial charge in [0.2, 0.25) is 0 Å². The first-order chi connectivity index (χ1) is 23.5. The van der Waals surface area contributed by atoms with Gasteiger partial charge in [-0.15, -0.1) is 0 Å². The highest BCUT2D eigenvalue weighted by Gasteiger charge is 2.60. The number of carbonyl (C=O) groups is 1. The molecule has 0 unspecified atom stereocenters. The van der Waals surface area contributed by atoms with Crippen LogP contribution in [0.2, 0.25) is 10.0 Å². The van der Waals surface area contributed by atoms with Gasteiger partial charge in [0.15, 0.2) is 0 Å². The summed E-state index contributed by atoms with van der Waals surface area (Å²) < 4.78 is 35.5. The number of halogens is 2. The molecule has 1 saturated heterocycles. The Kier molecular flexibility index (Phi) is 11.3. The van der Waals surface area contributed by atoms with Crippen LogP contribution in [0.3, 0.4) is 0 Å². The summed E-state index contributed by atoms with van der Waals surface area (Å²) in [5.41, 5.74) is 0.785. The number of carbonyl (C=O) groups excluding carboxylic acids is 1. The number of rotatable bonds is 11. The van der Waals surface area contributed by atoms with Crippen LogP contribution in [0.25, 0.3) is 0 Å². The number of methoxy groups -OCH3 is 1. The van der Waals surface area contributed by atoms with Crippen molar-refractivity contribution in [2.24, 2.45) is 4.99 Å². The third kappa shape index (κ3) is 7.55. The van der Waals surface area contributed by atoms with Crippen molar-refractivity contribution in [2.45, 2.75) is 57.7 Å². The molecule has 2 amide bonds. The smallest absolute Gasteiger partial charge is 0.326 e. The molecule has 3 aromatic carbocycles. The molecule has 0 N–H and O–H groups in total. The van der Waals surface area contributed by atoms with E-state index in [2.05, 4.69) is 18.7 Å². The second-order valence-electron chi connectivity index (χ2n) is 13.9. The number of nitrogens with zero attached hydrogens (tertiary/aromatic N) is 4. The molecule has 3 aromatic rings. The van der Waals surface area contributed by atoms with E-state index in [4.69, 9.17) is 37.7 Å². The summed E-state index contributed by atoms with van der Waals surface area (Å²) in [6.45, 7) is 13.3. The fraction of sp³-hybridized carbons (Fsp3) is 0.474. The fourth-order valence-corrected chi connectivity index (χ4v) is 7.80. The van der Waals surface area contributed by atoms with Gasteiger partial charge in [0.05, 0.1) is 23.5 Å². The van der Waals surface area contributed by atoms with E-state index in [0.29, 0.717) is 72.9 Å². The minimum atomic E-state index is -3.04. The topological polar surface area (TPSA) is 91.8 Å². The largest absolute Gasteiger partial charge is 0.493 e. The molecule has 0 saturated carbocycles. The van der Waals surface area contributed by atoms with Gasteiger partial charge in [0, 0.05) is 49.6 Å². The second-order valence-corrected chi connectivity index (χ2v) is 17.0. The van der Waals surface area contributed by atoms with Crippen LogP contribution in [0.4, 0.5) is 4.79 Å². The van der Waals surface area contributed by atoms with Gasteiger partial charge in [-0.25, -0.2) is 13.2 Å². The van der Waals surface area contributed by atoms with Crippen molar-refractivity contribution in [3.8, 4) is 5.75 Å². The summed E-state index contributed by atoms with van der Waals surface area (Å²) in [4.78, 5) is 26.6. The average molecular weight is 744 g/mol. The zero-order valence-electron chi connectivity index (χ0n) is 30.0. The second kappa shape index (κ2) is 14.8. The van der Waals surface area contributed by atoms with Gasteiger partial charge in [-0.2, -0.15) is 0 Å². The molecule has 5 rings (SSSR count). The maximum absolute atomic E-state index is 15.2. The Morgan fingerprint density at radius 2 is 1.50 bits per heavy atom. The molecular formula is C38H48Cl2N4O5S. The Morgan fingerprint density at radius 1 is 0.920 bits per heavy atom. The van der Waals surface area contributed by atoms with Gasteiger partial charge >= 0.3 is 6.03 Å². The van der Waals surface area contributed by atoms with Crippen LogP contribution in [0.1, 0.15) is 63.3 Å². The number of benzene rings is 3. The predicted molar refractivity (Wildman–Crippen MR) is 201 cm³/mol. The van der Waals surface area contributed by atoms with Crippen LogP contribution in [-0.4, -0.2) is 93.4 Å². The summed E-state index contributed by atoms with van der Waals surface area (Å²) in [6, 6.07) is 21.0. The Balaban J connectivity index is 1.65.